The van der Waals surface area contributed by atoms with Crippen LogP contribution in [-0.4, -0.2) is 22.0 Å². The first-order valence-electron chi connectivity index (χ1n) is 6.16. The molecule has 0 aliphatic carbocycles. The van der Waals surface area contributed by atoms with Crippen molar-refractivity contribution in [2.75, 3.05) is 0 Å². The van der Waals surface area contributed by atoms with Crippen molar-refractivity contribution in [1.82, 2.24) is 4.98 Å². The summed E-state index contributed by atoms with van der Waals surface area (Å²) in [5.41, 5.74) is 7.44. The monoisotopic (exact) mass is 322 g/mol. The van der Waals surface area contributed by atoms with Crippen LogP contribution in [0, 0.1) is 6.92 Å². The number of nitrogens with two attached hydrogens (primary N) is 1. The summed E-state index contributed by atoms with van der Waals surface area (Å²) in [6.45, 7) is 1.80. The van der Waals surface area contributed by atoms with Gasteiger partial charge in [-0.3, -0.25) is 9.59 Å². The van der Waals surface area contributed by atoms with Crippen molar-refractivity contribution < 1.29 is 14.7 Å². The molecule has 0 saturated carbocycles. The number of primary amides is 1. The van der Waals surface area contributed by atoms with Crippen molar-refractivity contribution >= 4 is 35.0 Å². The summed E-state index contributed by atoms with van der Waals surface area (Å²) in [4.78, 5) is 27.2. The molecule has 0 unspecified atom stereocenters. The first-order chi connectivity index (χ1) is 9.97. The fourth-order valence-electron chi connectivity index (χ4n) is 1.79. The maximum atomic E-state index is 11.3. The molecule has 2 rings (SSSR count). The van der Waals surface area contributed by atoms with Crippen molar-refractivity contribution in [3.63, 3.8) is 0 Å². The van der Waals surface area contributed by atoms with E-state index in [2.05, 4.69) is 4.98 Å². The number of hydrogen-bond acceptors (Lipinski definition) is 5. The van der Waals surface area contributed by atoms with Gasteiger partial charge in [-0.05, 0) is 18.6 Å². The van der Waals surface area contributed by atoms with Crippen LogP contribution in [0.15, 0.2) is 28.6 Å². The molecule has 1 aromatic heterocycles. The van der Waals surface area contributed by atoms with Crippen molar-refractivity contribution in [2.24, 2.45) is 5.73 Å². The maximum absolute atomic E-state index is 11.3. The number of nitrogens with zero attached hydrogens (tertiary/aromatic N) is 1. The number of thiazole rings is 1. The number of aliphatic carboxylic acids is 1. The number of carboxylic acid groups (broad SMARTS) is 1. The van der Waals surface area contributed by atoms with Crippen LogP contribution < -0.4 is 5.73 Å². The normalized spacial score (nSPS) is 10.5. The Labute approximate surface area is 130 Å². The van der Waals surface area contributed by atoms with E-state index in [1.54, 1.807) is 19.1 Å². The summed E-state index contributed by atoms with van der Waals surface area (Å²) in [6, 6.07) is 7.17. The van der Waals surface area contributed by atoms with Crippen molar-refractivity contribution in [3.8, 4) is 0 Å². The van der Waals surface area contributed by atoms with Crippen molar-refractivity contribution in [3.05, 3.63) is 46.0 Å². The van der Waals surface area contributed by atoms with E-state index in [0.29, 0.717) is 11.3 Å². The smallest absolute Gasteiger partial charge is 0.308 e. The third kappa shape index (κ3) is 4.05. The molecule has 0 spiro atoms. The summed E-state index contributed by atoms with van der Waals surface area (Å²) >= 11 is 2.85. The Balaban J connectivity index is 2.10. The summed E-state index contributed by atoms with van der Waals surface area (Å²) in [6.07, 6.45) is -0.0120. The molecule has 7 heteroatoms. The number of thioether (sulfide) groups is 1. The molecule has 2 aromatic rings. The third-order valence-electron chi connectivity index (χ3n) is 2.82. The van der Waals surface area contributed by atoms with Gasteiger partial charge in [0.25, 0.3) is 0 Å². The second-order valence-electron chi connectivity index (χ2n) is 4.37. The Morgan fingerprint density at radius 3 is 2.76 bits per heavy atom. The van der Waals surface area contributed by atoms with Gasteiger partial charge in [-0.15, -0.1) is 11.3 Å². The Morgan fingerprint density at radius 2 is 2.10 bits per heavy atom. The van der Waals surface area contributed by atoms with Crippen LogP contribution in [0.2, 0.25) is 0 Å². The number of carbonyl (C=O) groups excluding carboxylic acids is 1. The Morgan fingerprint density at radius 1 is 1.38 bits per heavy atom. The van der Waals surface area contributed by atoms with Crippen LogP contribution >= 0.6 is 23.1 Å². The number of carboxylic acids is 1. The standard InChI is InChI=1S/C14H14N2O3S2/c1-8-11(6-12(17)18)21-14(16-8)20-7-9-4-2-3-5-10(9)13(15)19/h2-5H,6-7H2,1H3,(H2,15,19)(H,17,18). The van der Waals surface area contributed by atoms with Gasteiger partial charge in [-0.2, -0.15) is 0 Å². The zero-order valence-corrected chi connectivity index (χ0v) is 13.0. The molecule has 1 amide bonds. The van der Waals surface area contributed by atoms with E-state index in [1.165, 1.54) is 23.1 Å². The highest BCUT2D eigenvalue weighted by Crippen LogP contribution is 2.30. The van der Waals surface area contributed by atoms with E-state index in [4.69, 9.17) is 10.8 Å². The minimum atomic E-state index is -0.864. The topological polar surface area (TPSA) is 93.3 Å². The molecule has 3 N–H and O–H groups in total. The van der Waals surface area contributed by atoms with Gasteiger partial charge in [0.15, 0.2) is 4.34 Å². The zero-order chi connectivity index (χ0) is 15.4. The van der Waals surface area contributed by atoms with E-state index < -0.39 is 11.9 Å². The lowest BCUT2D eigenvalue weighted by molar-refractivity contribution is -0.136. The van der Waals surface area contributed by atoms with Crippen LogP contribution in [0.25, 0.3) is 0 Å². The molecule has 0 aliphatic rings. The highest BCUT2D eigenvalue weighted by Gasteiger charge is 2.13. The fraction of sp³-hybridized carbons (Fsp3) is 0.214. The number of benzene rings is 1. The number of hydrogen-bond donors (Lipinski definition) is 2. The van der Waals surface area contributed by atoms with Crippen LogP contribution in [0.1, 0.15) is 26.5 Å². The number of rotatable bonds is 6. The Bertz CT molecular complexity index is 683. The van der Waals surface area contributed by atoms with E-state index >= 15 is 0 Å². The predicted octanol–water partition coefficient (Wildman–Crippen LogP) is 2.47. The first kappa shape index (κ1) is 15.5. The van der Waals surface area contributed by atoms with Crippen LogP contribution in [0.3, 0.4) is 0 Å². The molecule has 0 fully saturated rings. The van der Waals surface area contributed by atoms with Gasteiger partial charge in [-0.25, -0.2) is 4.98 Å². The molecule has 110 valence electrons. The first-order valence-corrected chi connectivity index (χ1v) is 7.96. The Hall–Kier alpha value is -1.86. The second-order valence-corrected chi connectivity index (χ2v) is 6.68. The quantitative estimate of drug-likeness (QED) is 0.797. The van der Waals surface area contributed by atoms with Gasteiger partial charge >= 0.3 is 5.97 Å². The minimum Gasteiger partial charge on any atom is -0.481 e. The van der Waals surface area contributed by atoms with E-state index in [9.17, 15) is 9.59 Å². The lowest BCUT2D eigenvalue weighted by Gasteiger charge is -2.04. The minimum absolute atomic E-state index is 0.0120. The molecular weight excluding hydrogens is 308 g/mol. The van der Waals surface area contributed by atoms with Crippen molar-refractivity contribution in [2.45, 2.75) is 23.4 Å². The lowest BCUT2D eigenvalue weighted by Crippen LogP contribution is -2.13. The highest BCUT2D eigenvalue weighted by atomic mass is 32.2. The van der Waals surface area contributed by atoms with E-state index in [-0.39, 0.29) is 6.42 Å². The second kappa shape index (κ2) is 6.73. The number of aromatic nitrogens is 1. The molecule has 5 nitrogen and oxygen atoms in total. The number of aryl methyl sites for hydroxylation is 1. The van der Waals surface area contributed by atoms with Gasteiger partial charge in [-0.1, -0.05) is 30.0 Å². The molecule has 1 heterocycles. The van der Waals surface area contributed by atoms with E-state index in [1.807, 2.05) is 12.1 Å². The van der Waals surface area contributed by atoms with Gasteiger partial charge in [0.1, 0.15) is 0 Å². The Kier molecular flexibility index (Phi) is 4.98. The lowest BCUT2D eigenvalue weighted by atomic mass is 10.1. The molecule has 0 saturated heterocycles. The van der Waals surface area contributed by atoms with Crippen LogP contribution in [0.4, 0.5) is 0 Å². The molecule has 0 aliphatic heterocycles. The van der Waals surface area contributed by atoms with Gasteiger partial charge < -0.3 is 10.8 Å². The molecule has 1 aromatic carbocycles. The SMILES string of the molecule is Cc1nc(SCc2ccccc2C(N)=O)sc1CC(=O)O. The average molecular weight is 322 g/mol. The molecule has 0 atom stereocenters. The van der Waals surface area contributed by atoms with Gasteiger partial charge in [0, 0.05) is 16.2 Å². The summed E-state index contributed by atoms with van der Waals surface area (Å²) in [5, 5.41) is 8.83. The largest absolute Gasteiger partial charge is 0.481 e. The average Bonchev–Trinajstić information content (AvgIpc) is 2.76. The maximum Gasteiger partial charge on any atom is 0.308 e. The van der Waals surface area contributed by atoms with Crippen molar-refractivity contribution in [1.29, 1.82) is 0 Å². The van der Waals surface area contributed by atoms with Crippen LogP contribution in [0.5, 0.6) is 0 Å². The molecular formula is C14H14N2O3S2. The van der Waals surface area contributed by atoms with Crippen LogP contribution in [-0.2, 0) is 17.0 Å². The highest BCUT2D eigenvalue weighted by molar-refractivity contribution is 8.00. The summed E-state index contributed by atoms with van der Waals surface area (Å²) < 4.78 is 0.794. The third-order valence-corrected chi connectivity index (χ3v) is 5.17. The van der Waals surface area contributed by atoms with Gasteiger partial charge in [0.05, 0.1) is 12.1 Å². The number of amides is 1. The summed E-state index contributed by atoms with van der Waals surface area (Å²) in [5.74, 6) is -0.746. The molecule has 21 heavy (non-hydrogen) atoms. The number of carbonyl (C=O) groups is 2. The van der Waals surface area contributed by atoms with Gasteiger partial charge in [0.2, 0.25) is 5.91 Å². The fourth-order valence-corrected chi connectivity index (χ4v) is 4.02. The zero-order valence-electron chi connectivity index (χ0n) is 11.3. The molecule has 0 radical (unpaired) electrons. The summed E-state index contributed by atoms with van der Waals surface area (Å²) in [7, 11) is 0. The predicted molar refractivity (Wildman–Crippen MR) is 82.7 cm³/mol. The molecule has 0 bridgehead atoms. The van der Waals surface area contributed by atoms with E-state index in [0.717, 1.165) is 20.5 Å².